The van der Waals surface area contributed by atoms with Gasteiger partial charge in [-0.2, -0.15) is 0 Å². The van der Waals surface area contributed by atoms with Crippen LogP contribution in [0.2, 0.25) is 0 Å². The van der Waals surface area contributed by atoms with E-state index < -0.39 is 0 Å². The molecule has 3 rings (SSSR count). The molecule has 1 amide bonds. The molecule has 0 saturated carbocycles. The molecule has 27 heavy (non-hydrogen) atoms. The Bertz CT molecular complexity index is 914. The molecule has 0 fully saturated rings. The molecule has 0 unspecified atom stereocenters. The third-order valence-corrected chi connectivity index (χ3v) is 3.92. The Morgan fingerprint density at radius 2 is 1.52 bits per heavy atom. The molecule has 0 aliphatic carbocycles. The first kappa shape index (κ1) is 18.2. The zero-order chi connectivity index (χ0) is 18.9. The molecule has 0 aliphatic heterocycles. The van der Waals surface area contributed by atoms with Gasteiger partial charge < -0.3 is 10.1 Å². The van der Waals surface area contributed by atoms with Crippen molar-refractivity contribution in [3.05, 3.63) is 109 Å². The Morgan fingerprint density at radius 3 is 2.15 bits per heavy atom. The molecule has 0 radical (unpaired) electrons. The topological polar surface area (TPSA) is 38.3 Å². The van der Waals surface area contributed by atoms with Crippen LogP contribution in [0.4, 0.5) is 5.69 Å². The number of ether oxygens (including phenoxy) is 1. The summed E-state index contributed by atoms with van der Waals surface area (Å²) in [7, 11) is 0. The first-order valence-corrected chi connectivity index (χ1v) is 8.73. The summed E-state index contributed by atoms with van der Waals surface area (Å²) >= 11 is 0. The van der Waals surface area contributed by atoms with Crippen molar-refractivity contribution in [3.63, 3.8) is 0 Å². The van der Waals surface area contributed by atoms with Crippen molar-refractivity contribution in [2.45, 2.75) is 0 Å². The van der Waals surface area contributed by atoms with Crippen molar-refractivity contribution in [2.24, 2.45) is 0 Å². The molecule has 0 aromatic heterocycles. The lowest BCUT2D eigenvalue weighted by Gasteiger charge is -2.11. The fraction of sp³-hybridized carbons (Fsp3) is 0.0417. The van der Waals surface area contributed by atoms with Crippen molar-refractivity contribution < 1.29 is 9.53 Å². The van der Waals surface area contributed by atoms with E-state index in [4.69, 9.17) is 4.74 Å². The molecule has 3 nitrogen and oxygen atoms in total. The van der Waals surface area contributed by atoms with Crippen LogP contribution in [-0.2, 0) is 4.79 Å². The lowest BCUT2D eigenvalue weighted by Crippen LogP contribution is -2.13. The maximum Gasteiger partial charge on any atom is 0.256 e. The van der Waals surface area contributed by atoms with Gasteiger partial charge in [-0.15, -0.1) is 0 Å². The van der Waals surface area contributed by atoms with Gasteiger partial charge in [0.25, 0.3) is 5.91 Å². The summed E-state index contributed by atoms with van der Waals surface area (Å²) in [5.41, 5.74) is 3.15. The maximum absolute atomic E-state index is 13.0. The predicted molar refractivity (Wildman–Crippen MR) is 112 cm³/mol. The Morgan fingerprint density at radius 1 is 0.889 bits per heavy atom. The second-order valence-corrected chi connectivity index (χ2v) is 5.91. The molecule has 0 aliphatic rings. The number of anilines is 1. The summed E-state index contributed by atoms with van der Waals surface area (Å²) in [6, 6.07) is 26.7. The summed E-state index contributed by atoms with van der Waals surface area (Å²) in [6.45, 7) is 4.08. The number of rotatable bonds is 7. The number of hydrogen-bond donors (Lipinski definition) is 1. The van der Waals surface area contributed by atoms with Gasteiger partial charge in [0.2, 0.25) is 0 Å². The summed E-state index contributed by atoms with van der Waals surface area (Å²) in [6.07, 6.45) is 3.59. The minimum Gasteiger partial charge on any atom is -0.490 e. The van der Waals surface area contributed by atoms with Gasteiger partial charge >= 0.3 is 0 Å². The number of benzene rings is 3. The molecule has 0 saturated heterocycles. The van der Waals surface area contributed by atoms with Gasteiger partial charge in [-0.3, -0.25) is 4.79 Å². The van der Waals surface area contributed by atoms with E-state index in [2.05, 4.69) is 11.9 Å². The number of carbonyl (C=O) groups excluding carboxylic acids is 1. The van der Waals surface area contributed by atoms with Gasteiger partial charge in [0.1, 0.15) is 12.4 Å². The molecule has 3 aromatic rings. The Hall–Kier alpha value is -3.59. The average molecular weight is 355 g/mol. The van der Waals surface area contributed by atoms with E-state index in [1.165, 1.54) is 0 Å². The van der Waals surface area contributed by atoms with Crippen LogP contribution in [0.25, 0.3) is 11.6 Å². The van der Waals surface area contributed by atoms with Gasteiger partial charge in [0, 0.05) is 11.3 Å². The van der Waals surface area contributed by atoms with E-state index in [1.807, 2.05) is 91.0 Å². The van der Waals surface area contributed by atoms with Crippen molar-refractivity contribution in [1.82, 2.24) is 0 Å². The molecule has 1 N–H and O–H groups in total. The quantitative estimate of drug-likeness (QED) is 0.349. The summed E-state index contributed by atoms with van der Waals surface area (Å²) in [4.78, 5) is 13.0. The number of amides is 1. The second-order valence-electron chi connectivity index (χ2n) is 5.91. The molecule has 0 atom stereocenters. The predicted octanol–water partition coefficient (Wildman–Crippen LogP) is 5.43. The van der Waals surface area contributed by atoms with E-state index in [9.17, 15) is 4.79 Å². The number of carbonyl (C=O) groups is 1. The van der Waals surface area contributed by atoms with Gasteiger partial charge in [-0.05, 0) is 41.5 Å². The highest BCUT2D eigenvalue weighted by atomic mass is 16.5. The molecule has 0 bridgehead atoms. The highest BCUT2D eigenvalue weighted by molar-refractivity contribution is 6.29. The minimum absolute atomic E-state index is 0.162. The van der Waals surface area contributed by atoms with Crippen LogP contribution in [0.15, 0.2) is 97.6 Å². The number of hydrogen-bond acceptors (Lipinski definition) is 2. The van der Waals surface area contributed by atoms with Gasteiger partial charge in [-0.25, -0.2) is 0 Å². The Labute approximate surface area is 159 Å². The van der Waals surface area contributed by atoms with E-state index in [0.717, 1.165) is 16.9 Å². The van der Waals surface area contributed by atoms with Crippen molar-refractivity contribution in [2.75, 3.05) is 11.9 Å². The lowest BCUT2D eigenvalue weighted by molar-refractivity contribution is -0.111. The molecule has 0 heterocycles. The largest absolute Gasteiger partial charge is 0.490 e. The first-order valence-electron chi connectivity index (χ1n) is 8.73. The molecule has 134 valence electrons. The normalized spacial score (nSPS) is 10.9. The second kappa shape index (κ2) is 9.20. The fourth-order valence-electron chi connectivity index (χ4n) is 2.60. The Kier molecular flexibility index (Phi) is 6.21. The first-order chi connectivity index (χ1) is 13.3. The zero-order valence-corrected chi connectivity index (χ0v) is 15.0. The smallest absolute Gasteiger partial charge is 0.256 e. The molecule has 0 spiro atoms. The van der Waals surface area contributed by atoms with E-state index in [1.54, 1.807) is 6.08 Å². The Balaban J connectivity index is 1.83. The average Bonchev–Trinajstić information content (AvgIpc) is 2.73. The van der Waals surface area contributed by atoms with Crippen molar-refractivity contribution in [1.29, 1.82) is 0 Å². The molecule has 3 heteroatoms. The van der Waals surface area contributed by atoms with Crippen LogP contribution >= 0.6 is 0 Å². The van der Waals surface area contributed by atoms with Crippen LogP contribution in [0.5, 0.6) is 5.75 Å². The highest BCUT2D eigenvalue weighted by Crippen LogP contribution is 2.22. The van der Waals surface area contributed by atoms with Gasteiger partial charge in [0.05, 0.1) is 0 Å². The van der Waals surface area contributed by atoms with Crippen LogP contribution in [0, 0.1) is 0 Å². The van der Waals surface area contributed by atoms with Crippen LogP contribution < -0.4 is 10.1 Å². The number of nitrogens with one attached hydrogen (secondary N) is 1. The van der Waals surface area contributed by atoms with Gasteiger partial charge in [-0.1, -0.05) is 73.3 Å². The zero-order valence-electron chi connectivity index (χ0n) is 15.0. The third-order valence-electron chi connectivity index (χ3n) is 3.92. The van der Waals surface area contributed by atoms with Crippen LogP contribution in [-0.4, -0.2) is 12.5 Å². The maximum atomic E-state index is 13.0. The van der Waals surface area contributed by atoms with Gasteiger partial charge in [0.15, 0.2) is 0 Å². The minimum atomic E-state index is -0.162. The standard InChI is InChI=1S/C24H21NO2/c1-2-17-27-22-15-13-21(14-16-22)25-24(26)23(20-11-7-4-8-12-20)18-19-9-5-3-6-10-19/h2-16,18H,1,17H2,(H,25,26)/b23-18+. The molecular weight excluding hydrogens is 334 g/mol. The SMILES string of the molecule is C=CCOc1ccc(NC(=O)/C(=C/c2ccccc2)c2ccccc2)cc1. The fourth-order valence-corrected chi connectivity index (χ4v) is 2.60. The van der Waals surface area contributed by atoms with E-state index in [0.29, 0.717) is 17.9 Å². The molecule has 3 aromatic carbocycles. The monoisotopic (exact) mass is 355 g/mol. The summed E-state index contributed by atoms with van der Waals surface area (Å²) in [5.74, 6) is 0.570. The van der Waals surface area contributed by atoms with E-state index in [-0.39, 0.29) is 5.91 Å². The molecular formula is C24H21NO2. The summed E-state index contributed by atoms with van der Waals surface area (Å²) in [5, 5.41) is 2.96. The third kappa shape index (κ3) is 5.19. The van der Waals surface area contributed by atoms with Crippen molar-refractivity contribution >= 4 is 23.2 Å². The van der Waals surface area contributed by atoms with Crippen molar-refractivity contribution in [3.8, 4) is 5.75 Å². The lowest BCUT2D eigenvalue weighted by atomic mass is 10.0. The van der Waals surface area contributed by atoms with Crippen LogP contribution in [0.1, 0.15) is 11.1 Å². The summed E-state index contributed by atoms with van der Waals surface area (Å²) < 4.78 is 5.47. The highest BCUT2D eigenvalue weighted by Gasteiger charge is 2.12. The van der Waals surface area contributed by atoms with E-state index >= 15 is 0 Å². The van der Waals surface area contributed by atoms with Crippen LogP contribution in [0.3, 0.4) is 0 Å².